The van der Waals surface area contributed by atoms with Crippen LogP contribution in [0.4, 0.5) is 0 Å². The number of nitrogens with zero attached hydrogens (tertiary/aromatic N) is 1. The summed E-state index contributed by atoms with van der Waals surface area (Å²) < 4.78 is 33.5. The zero-order valence-electron chi connectivity index (χ0n) is 14.8. The SMILES string of the molecule is CCOC(=S)C1=CCN(S(=O)(=O)c2ccc(C)cc2)[C@H]1c1ccccc1. The van der Waals surface area contributed by atoms with Gasteiger partial charge in [0.05, 0.1) is 17.5 Å². The number of hydrogen-bond acceptors (Lipinski definition) is 4. The van der Waals surface area contributed by atoms with Crippen molar-refractivity contribution in [3.63, 3.8) is 0 Å². The molecule has 136 valence electrons. The van der Waals surface area contributed by atoms with Gasteiger partial charge in [0.2, 0.25) is 10.0 Å². The van der Waals surface area contributed by atoms with Crippen molar-refractivity contribution in [1.29, 1.82) is 0 Å². The largest absolute Gasteiger partial charge is 0.483 e. The van der Waals surface area contributed by atoms with Crippen molar-refractivity contribution in [2.75, 3.05) is 13.2 Å². The van der Waals surface area contributed by atoms with Gasteiger partial charge in [-0.15, -0.1) is 0 Å². The number of rotatable bonds is 5. The van der Waals surface area contributed by atoms with E-state index in [2.05, 4.69) is 0 Å². The highest BCUT2D eigenvalue weighted by Gasteiger charge is 2.39. The fourth-order valence-corrected chi connectivity index (χ4v) is 4.88. The van der Waals surface area contributed by atoms with Crippen LogP contribution in [0.15, 0.2) is 71.1 Å². The molecule has 0 saturated carbocycles. The summed E-state index contributed by atoms with van der Waals surface area (Å²) in [6.07, 6.45) is 1.85. The van der Waals surface area contributed by atoms with Gasteiger partial charge in [-0.2, -0.15) is 4.31 Å². The predicted octanol–water partition coefficient (Wildman–Crippen LogP) is 4.03. The average molecular weight is 388 g/mol. The van der Waals surface area contributed by atoms with Crippen LogP contribution >= 0.6 is 12.2 Å². The summed E-state index contributed by atoms with van der Waals surface area (Å²) >= 11 is 5.39. The molecule has 0 fully saturated rings. The molecule has 2 aromatic carbocycles. The molecule has 0 aromatic heterocycles. The number of sulfonamides is 1. The summed E-state index contributed by atoms with van der Waals surface area (Å²) in [5, 5.41) is 0.350. The van der Waals surface area contributed by atoms with Gasteiger partial charge in [0, 0.05) is 12.1 Å². The normalized spacial score (nSPS) is 17.8. The van der Waals surface area contributed by atoms with Crippen molar-refractivity contribution in [1.82, 2.24) is 4.31 Å². The summed E-state index contributed by atoms with van der Waals surface area (Å²) in [7, 11) is -3.67. The van der Waals surface area contributed by atoms with Gasteiger partial charge in [0.1, 0.15) is 0 Å². The number of benzene rings is 2. The van der Waals surface area contributed by atoms with E-state index in [1.165, 1.54) is 4.31 Å². The van der Waals surface area contributed by atoms with E-state index in [4.69, 9.17) is 17.0 Å². The van der Waals surface area contributed by atoms with E-state index in [1.807, 2.05) is 50.3 Å². The molecular weight excluding hydrogens is 366 g/mol. The molecule has 1 aliphatic heterocycles. The van der Waals surface area contributed by atoms with Crippen molar-refractivity contribution < 1.29 is 13.2 Å². The lowest BCUT2D eigenvalue weighted by molar-refractivity contribution is 0.330. The Balaban J connectivity index is 2.03. The molecule has 0 unspecified atom stereocenters. The van der Waals surface area contributed by atoms with Gasteiger partial charge >= 0.3 is 0 Å². The highest BCUT2D eigenvalue weighted by atomic mass is 32.2. The molecule has 3 rings (SSSR count). The van der Waals surface area contributed by atoms with Crippen LogP contribution in [0.5, 0.6) is 0 Å². The molecule has 0 radical (unpaired) electrons. The summed E-state index contributed by atoms with van der Waals surface area (Å²) in [4.78, 5) is 0.279. The minimum Gasteiger partial charge on any atom is -0.483 e. The zero-order valence-corrected chi connectivity index (χ0v) is 16.4. The highest BCUT2D eigenvalue weighted by Crippen LogP contribution is 2.38. The van der Waals surface area contributed by atoms with Crippen molar-refractivity contribution >= 4 is 27.3 Å². The molecule has 0 spiro atoms. The van der Waals surface area contributed by atoms with Crippen molar-refractivity contribution in [3.8, 4) is 0 Å². The molecule has 6 heteroatoms. The smallest absolute Gasteiger partial charge is 0.244 e. The Morgan fingerprint density at radius 1 is 1.15 bits per heavy atom. The van der Waals surface area contributed by atoms with Crippen LogP contribution in [-0.2, 0) is 14.8 Å². The molecule has 1 atom stereocenters. The molecule has 0 amide bonds. The Morgan fingerprint density at radius 2 is 1.81 bits per heavy atom. The quantitative estimate of drug-likeness (QED) is 0.727. The van der Waals surface area contributed by atoms with Crippen LogP contribution in [0, 0.1) is 6.92 Å². The van der Waals surface area contributed by atoms with E-state index in [0.29, 0.717) is 11.7 Å². The summed E-state index contributed by atoms with van der Waals surface area (Å²) in [5.41, 5.74) is 2.61. The molecule has 0 N–H and O–H groups in total. The fourth-order valence-electron chi connectivity index (χ4n) is 3.03. The molecule has 0 saturated heterocycles. The average Bonchev–Trinajstić information content (AvgIpc) is 3.09. The Kier molecular flexibility index (Phi) is 5.55. The van der Waals surface area contributed by atoms with E-state index < -0.39 is 16.1 Å². The number of aryl methyl sites for hydroxylation is 1. The lowest BCUT2D eigenvalue weighted by Crippen LogP contribution is -2.33. The summed E-state index contributed by atoms with van der Waals surface area (Å²) in [6.45, 7) is 4.50. The van der Waals surface area contributed by atoms with Gasteiger partial charge < -0.3 is 4.74 Å². The Hall–Kier alpha value is -2.02. The Bertz CT molecular complexity index is 919. The monoisotopic (exact) mass is 387 g/mol. The molecule has 0 aliphatic carbocycles. The van der Waals surface area contributed by atoms with Crippen LogP contribution < -0.4 is 0 Å². The number of ether oxygens (including phenoxy) is 1. The molecule has 4 nitrogen and oxygen atoms in total. The Morgan fingerprint density at radius 3 is 2.42 bits per heavy atom. The molecular formula is C20H21NO3S2. The maximum atomic E-state index is 13.3. The van der Waals surface area contributed by atoms with Gasteiger partial charge in [-0.3, -0.25) is 0 Å². The fraction of sp³-hybridized carbons (Fsp3) is 0.250. The predicted molar refractivity (Wildman–Crippen MR) is 107 cm³/mol. The van der Waals surface area contributed by atoms with E-state index in [9.17, 15) is 8.42 Å². The van der Waals surface area contributed by atoms with E-state index >= 15 is 0 Å². The van der Waals surface area contributed by atoms with Gasteiger partial charge in [-0.25, -0.2) is 8.42 Å². The van der Waals surface area contributed by atoms with E-state index in [-0.39, 0.29) is 11.4 Å². The van der Waals surface area contributed by atoms with E-state index in [1.54, 1.807) is 24.3 Å². The third-order valence-electron chi connectivity index (χ3n) is 4.33. The lowest BCUT2D eigenvalue weighted by Gasteiger charge is -2.27. The standard InChI is InChI=1S/C20H21NO3S2/c1-3-24-20(25)18-13-14-21(19(18)16-7-5-4-6-8-16)26(22,23)17-11-9-15(2)10-12-17/h4-13,19H,3,14H2,1-2H3/t19-/m0/s1. The van der Waals surface area contributed by atoms with Gasteiger partial charge in [0.15, 0.2) is 5.05 Å². The number of thiocarbonyl (C=S) groups is 1. The van der Waals surface area contributed by atoms with Crippen LogP contribution in [0.3, 0.4) is 0 Å². The second-order valence-corrected chi connectivity index (χ2v) is 8.34. The van der Waals surface area contributed by atoms with Crippen LogP contribution in [0.2, 0.25) is 0 Å². The second-order valence-electron chi connectivity index (χ2n) is 6.08. The van der Waals surface area contributed by atoms with Gasteiger partial charge in [0.25, 0.3) is 0 Å². The molecule has 2 aromatic rings. The van der Waals surface area contributed by atoms with Crippen molar-refractivity contribution in [2.45, 2.75) is 24.8 Å². The first-order valence-electron chi connectivity index (χ1n) is 8.45. The number of hydrogen-bond donors (Lipinski definition) is 0. The highest BCUT2D eigenvalue weighted by molar-refractivity contribution is 7.89. The maximum Gasteiger partial charge on any atom is 0.244 e. The lowest BCUT2D eigenvalue weighted by atomic mass is 10.0. The Labute approximate surface area is 160 Å². The third-order valence-corrected chi connectivity index (χ3v) is 6.53. The first-order chi connectivity index (χ1) is 12.4. The molecule has 1 heterocycles. The summed E-state index contributed by atoms with van der Waals surface area (Å²) in [6, 6.07) is 15.9. The summed E-state index contributed by atoms with van der Waals surface area (Å²) in [5.74, 6) is 0. The molecule has 1 aliphatic rings. The molecule has 26 heavy (non-hydrogen) atoms. The van der Waals surface area contributed by atoms with Crippen LogP contribution in [0.1, 0.15) is 24.1 Å². The topological polar surface area (TPSA) is 46.6 Å². The van der Waals surface area contributed by atoms with Gasteiger partial charge in [-0.1, -0.05) is 54.1 Å². The van der Waals surface area contributed by atoms with Crippen LogP contribution in [0.25, 0.3) is 0 Å². The minimum absolute atomic E-state index is 0.262. The van der Waals surface area contributed by atoms with E-state index in [0.717, 1.165) is 16.7 Å². The zero-order chi connectivity index (χ0) is 18.7. The molecule has 0 bridgehead atoms. The maximum absolute atomic E-state index is 13.3. The van der Waals surface area contributed by atoms with Crippen molar-refractivity contribution in [2.24, 2.45) is 0 Å². The van der Waals surface area contributed by atoms with Crippen LogP contribution in [-0.4, -0.2) is 30.9 Å². The third kappa shape index (κ3) is 3.58. The second kappa shape index (κ2) is 7.70. The first kappa shape index (κ1) is 18.8. The first-order valence-corrected chi connectivity index (χ1v) is 10.3. The van der Waals surface area contributed by atoms with Crippen molar-refractivity contribution in [3.05, 3.63) is 77.4 Å². The van der Waals surface area contributed by atoms with Gasteiger partial charge in [-0.05, 0) is 43.8 Å². The minimum atomic E-state index is -3.67.